The summed E-state index contributed by atoms with van der Waals surface area (Å²) < 4.78 is 12.6. The van der Waals surface area contributed by atoms with Crippen LogP contribution in [0, 0.1) is 0 Å². The Balaban J connectivity index is 1.93. The molecule has 1 aromatic carbocycles. The third kappa shape index (κ3) is 3.22. The second kappa shape index (κ2) is 7.42. The highest BCUT2D eigenvalue weighted by Crippen LogP contribution is 2.36. The van der Waals surface area contributed by atoms with Crippen LogP contribution >= 0.6 is 0 Å². The number of nitrogens with zero attached hydrogens (tertiary/aromatic N) is 2. The van der Waals surface area contributed by atoms with Crippen LogP contribution in [0.4, 0.5) is 0 Å². The summed E-state index contributed by atoms with van der Waals surface area (Å²) in [5.74, 6) is 0.744. The Hall–Kier alpha value is -3.03. The van der Waals surface area contributed by atoms with Crippen LogP contribution in [0.1, 0.15) is 36.6 Å². The Morgan fingerprint density at radius 2 is 2.10 bits per heavy atom. The molecule has 0 fully saturated rings. The van der Waals surface area contributed by atoms with Crippen LogP contribution in [0.2, 0.25) is 0 Å². The van der Waals surface area contributed by atoms with Gasteiger partial charge < -0.3 is 23.9 Å². The summed E-state index contributed by atoms with van der Waals surface area (Å²) in [6, 6.07) is 9.33. The molecular weight excluding hydrogens is 372 g/mol. The fourth-order valence-electron chi connectivity index (χ4n) is 3.77. The van der Waals surface area contributed by atoms with E-state index < -0.39 is 6.10 Å². The maximum atomic E-state index is 13.1. The van der Waals surface area contributed by atoms with Crippen LogP contribution in [0.25, 0.3) is 22.3 Å². The van der Waals surface area contributed by atoms with Gasteiger partial charge in [-0.3, -0.25) is 4.79 Å². The van der Waals surface area contributed by atoms with Gasteiger partial charge in [-0.15, -0.1) is 0 Å². The van der Waals surface area contributed by atoms with Gasteiger partial charge in [0, 0.05) is 29.2 Å². The molecule has 7 nitrogen and oxygen atoms in total. The number of aromatic nitrogens is 2. The van der Waals surface area contributed by atoms with Crippen molar-refractivity contribution >= 4 is 17.2 Å². The first-order valence-corrected chi connectivity index (χ1v) is 9.43. The minimum absolute atomic E-state index is 0.0114. The molecule has 1 aliphatic rings. The second-order valence-corrected chi connectivity index (χ2v) is 7.35. The Kier molecular flexibility index (Phi) is 4.94. The molecule has 0 saturated heterocycles. The highest BCUT2D eigenvalue weighted by atomic mass is 16.5. The maximum absolute atomic E-state index is 13.1. The molecule has 3 heterocycles. The lowest BCUT2D eigenvalue weighted by Crippen LogP contribution is -2.26. The molecule has 0 radical (unpaired) electrons. The first-order valence-electron chi connectivity index (χ1n) is 9.43. The number of hydrogen-bond donors (Lipinski definition) is 1. The van der Waals surface area contributed by atoms with E-state index in [-0.39, 0.29) is 29.4 Å². The number of methoxy groups -OCH3 is 1. The first kappa shape index (κ1) is 19.3. The summed E-state index contributed by atoms with van der Waals surface area (Å²) >= 11 is 0. The number of hydrogen-bond acceptors (Lipinski definition) is 6. The zero-order valence-electron chi connectivity index (χ0n) is 16.5. The summed E-state index contributed by atoms with van der Waals surface area (Å²) in [6.07, 6.45) is -0.962. The van der Waals surface area contributed by atoms with E-state index in [1.807, 2.05) is 38.1 Å². The molecule has 0 aliphatic carbocycles. The number of carbonyl (C=O) groups excluding carboxylic acids is 1. The average molecular weight is 394 g/mol. The summed E-state index contributed by atoms with van der Waals surface area (Å²) in [5.41, 5.74) is 3.12. The van der Waals surface area contributed by atoms with Gasteiger partial charge in [-0.1, -0.05) is 6.07 Å². The normalized spacial score (nSPS) is 13.4. The number of aliphatic hydroxyl groups is 1. The van der Waals surface area contributed by atoms with Crippen molar-refractivity contribution in [2.75, 3.05) is 7.11 Å². The Morgan fingerprint density at radius 3 is 2.79 bits per heavy atom. The third-order valence-electron chi connectivity index (χ3n) is 5.00. The zero-order chi connectivity index (χ0) is 20.7. The largest absolute Gasteiger partial charge is 0.490 e. The van der Waals surface area contributed by atoms with Crippen molar-refractivity contribution < 1.29 is 19.4 Å². The maximum Gasteiger partial charge on any atom is 0.257 e. The number of fused-ring (bicyclic) bond motifs is 4. The number of rotatable bonds is 6. The molecule has 4 rings (SSSR count). The molecule has 150 valence electrons. The Morgan fingerprint density at radius 1 is 1.31 bits per heavy atom. The van der Waals surface area contributed by atoms with Gasteiger partial charge in [0.05, 0.1) is 36.2 Å². The van der Waals surface area contributed by atoms with Gasteiger partial charge >= 0.3 is 0 Å². The van der Waals surface area contributed by atoms with Crippen molar-refractivity contribution in [3.63, 3.8) is 0 Å². The molecule has 2 aromatic heterocycles. The van der Waals surface area contributed by atoms with Crippen LogP contribution < -0.4 is 10.3 Å². The van der Waals surface area contributed by atoms with Gasteiger partial charge in [0.1, 0.15) is 11.9 Å². The smallest absolute Gasteiger partial charge is 0.257 e. The summed E-state index contributed by atoms with van der Waals surface area (Å²) in [7, 11) is 1.47. The minimum Gasteiger partial charge on any atom is -0.490 e. The van der Waals surface area contributed by atoms with Crippen LogP contribution in [0.5, 0.6) is 5.75 Å². The van der Waals surface area contributed by atoms with E-state index >= 15 is 0 Å². The van der Waals surface area contributed by atoms with Crippen molar-refractivity contribution in [3.05, 3.63) is 57.4 Å². The van der Waals surface area contributed by atoms with Crippen molar-refractivity contribution in [1.29, 1.82) is 0 Å². The SMILES string of the molecule is COCc1c(C(O)C=O)cc2n(c1=O)Cc1cc3c(OC(C)C)cccc3nc1-2. The van der Waals surface area contributed by atoms with E-state index in [1.54, 1.807) is 10.6 Å². The molecule has 1 aliphatic heterocycles. The predicted molar refractivity (Wildman–Crippen MR) is 108 cm³/mol. The van der Waals surface area contributed by atoms with E-state index in [0.29, 0.717) is 24.2 Å². The molecule has 3 aromatic rings. The zero-order valence-corrected chi connectivity index (χ0v) is 16.5. The van der Waals surface area contributed by atoms with E-state index in [4.69, 9.17) is 14.5 Å². The van der Waals surface area contributed by atoms with Crippen molar-refractivity contribution in [2.45, 2.75) is 39.2 Å². The minimum atomic E-state index is -1.39. The molecule has 7 heteroatoms. The van der Waals surface area contributed by atoms with Crippen molar-refractivity contribution in [3.8, 4) is 17.1 Å². The lowest BCUT2D eigenvalue weighted by atomic mass is 10.0. The molecule has 1 N–H and O–H groups in total. The summed E-state index contributed by atoms with van der Waals surface area (Å²) in [5, 5.41) is 11.0. The lowest BCUT2D eigenvalue weighted by molar-refractivity contribution is -0.115. The summed E-state index contributed by atoms with van der Waals surface area (Å²) in [6.45, 7) is 4.30. The van der Waals surface area contributed by atoms with E-state index in [9.17, 15) is 14.7 Å². The number of pyridine rings is 2. The number of aliphatic hydroxyl groups excluding tert-OH is 1. The molecule has 0 spiro atoms. The molecule has 1 unspecified atom stereocenters. The van der Waals surface area contributed by atoms with Crippen LogP contribution in [-0.2, 0) is 22.7 Å². The first-order chi connectivity index (χ1) is 13.9. The topological polar surface area (TPSA) is 90.7 Å². The third-order valence-corrected chi connectivity index (χ3v) is 5.00. The molecule has 0 bridgehead atoms. The van der Waals surface area contributed by atoms with E-state index in [1.165, 1.54) is 7.11 Å². The van der Waals surface area contributed by atoms with Crippen LogP contribution in [0.15, 0.2) is 35.1 Å². The van der Waals surface area contributed by atoms with E-state index in [2.05, 4.69) is 0 Å². The molecule has 0 amide bonds. The van der Waals surface area contributed by atoms with Gasteiger partial charge in [0.25, 0.3) is 5.56 Å². The highest BCUT2D eigenvalue weighted by Gasteiger charge is 2.27. The lowest BCUT2D eigenvalue weighted by Gasteiger charge is -2.14. The molecule has 1 atom stereocenters. The Bertz CT molecular complexity index is 1170. The predicted octanol–water partition coefficient (Wildman–Crippen LogP) is 2.59. The standard InChI is InChI=1S/C22H22N2O5/c1-12(2)29-20-6-4-5-17-15(20)7-13-9-24-18(21(13)23-17)8-14(19(26)10-25)16(11-28-3)22(24)27/h4-8,10,12,19,26H,9,11H2,1-3H3. The molecule has 0 saturated carbocycles. The van der Waals surface area contributed by atoms with Gasteiger partial charge in [0.15, 0.2) is 6.29 Å². The van der Waals surface area contributed by atoms with E-state index in [0.717, 1.165) is 22.2 Å². The quantitative estimate of drug-likeness (QED) is 0.506. The van der Waals surface area contributed by atoms with Crippen LogP contribution in [-0.4, -0.2) is 34.2 Å². The Labute approximate surface area is 167 Å². The van der Waals surface area contributed by atoms with Gasteiger partial charge in [-0.05, 0) is 38.1 Å². The van der Waals surface area contributed by atoms with Gasteiger partial charge in [-0.25, -0.2) is 4.98 Å². The van der Waals surface area contributed by atoms with Crippen molar-refractivity contribution in [1.82, 2.24) is 9.55 Å². The van der Waals surface area contributed by atoms with Crippen LogP contribution in [0.3, 0.4) is 0 Å². The average Bonchev–Trinajstić information content (AvgIpc) is 3.05. The van der Waals surface area contributed by atoms with Gasteiger partial charge in [0.2, 0.25) is 0 Å². The monoisotopic (exact) mass is 394 g/mol. The molecular formula is C22H22N2O5. The fourth-order valence-corrected chi connectivity index (χ4v) is 3.77. The summed E-state index contributed by atoms with van der Waals surface area (Å²) in [4.78, 5) is 29.0. The van der Waals surface area contributed by atoms with Crippen molar-refractivity contribution in [2.24, 2.45) is 0 Å². The fraction of sp³-hybridized carbons (Fsp3) is 0.318. The number of aldehydes is 1. The number of benzene rings is 1. The van der Waals surface area contributed by atoms with Gasteiger partial charge in [-0.2, -0.15) is 0 Å². The highest BCUT2D eigenvalue weighted by molar-refractivity contribution is 5.89. The number of ether oxygens (including phenoxy) is 2. The molecule has 29 heavy (non-hydrogen) atoms. The number of carbonyl (C=O) groups is 1. The second-order valence-electron chi connectivity index (χ2n) is 7.35.